The number of carbonyl (C=O) groups excluding carboxylic acids is 2. The molecule has 0 saturated heterocycles. The molecule has 0 aromatic carbocycles. The van der Waals surface area contributed by atoms with Crippen LogP contribution in [-0.2, 0) is 9.59 Å². The first-order chi connectivity index (χ1) is 6.08. The Bertz CT molecular complexity index is 288. The van der Waals surface area contributed by atoms with Crippen molar-refractivity contribution in [3.8, 4) is 12.1 Å². The molecule has 0 aliphatic heterocycles. The normalized spacial score (nSPS) is 11.2. The number of amides is 1. The van der Waals surface area contributed by atoms with E-state index in [1.54, 1.807) is 0 Å². The van der Waals surface area contributed by atoms with Crippen LogP contribution in [0.3, 0.4) is 0 Å². The van der Waals surface area contributed by atoms with Gasteiger partial charge in [0.15, 0.2) is 5.92 Å². The van der Waals surface area contributed by atoms with Gasteiger partial charge < -0.3 is 5.32 Å². The van der Waals surface area contributed by atoms with Crippen molar-refractivity contribution in [1.29, 1.82) is 10.5 Å². The summed E-state index contributed by atoms with van der Waals surface area (Å²) >= 11 is 0. The fourth-order valence-electron chi connectivity index (χ4n) is 0.558. The minimum atomic E-state index is -2.45. The topological polar surface area (TPSA) is 93.8 Å². The Morgan fingerprint density at radius 1 is 1.38 bits per heavy atom. The number of nitrogens with zero attached hydrogens (tertiary/aromatic N) is 2. The van der Waals surface area contributed by atoms with Gasteiger partial charge in [-0.25, -0.2) is 4.39 Å². The average Bonchev–Trinajstić information content (AvgIpc) is 2.17. The van der Waals surface area contributed by atoms with Gasteiger partial charge in [0.1, 0.15) is 0 Å². The fourth-order valence-corrected chi connectivity index (χ4v) is 0.558. The highest BCUT2D eigenvalue weighted by molar-refractivity contribution is 6.06. The number of carbonyl (C=O) groups is 2. The molecule has 1 amide bonds. The van der Waals surface area contributed by atoms with Gasteiger partial charge in [-0.1, -0.05) is 0 Å². The Balaban J connectivity index is 4.54. The molecule has 0 heterocycles. The maximum Gasteiger partial charge on any atom is 0.262 e. The van der Waals surface area contributed by atoms with Crippen LogP contribution in [-0.4, -0.2) is 24.9 Å². The molecule has 1 atom stereocenters. The molecule has 0 aromatic rings. The number of ketones is 1. The molecule has 0 aliphatic carbocycles. The first kappa shape index (κ1) is 11.1. The number of nitrogens with one attached hydrogen (secondary N) is 1. The molecule has 0 rings (SSSR count). The van der Waals surface area contributed by atoms with Gasteiger partial charge in [-0.2, -0.15) is 10.5 Å². The highest BCUT2D eigenvalue weighted by Gasteiger charge is 2.31. The van der Waals surface area contributed by atoms with Gasteiger partial charge in [0.25, 0.3) is 5.91 Å². The molecule has 0 fully saturated rings. The summed E-state index contributed by atoms with van der Waals surface area (Å²) in [6.45, 7) is 0. The lowest BCUT2D eigenvalue weighted by Gasteiger charge is -2.04. The lowest BCUT2D eigenvalue weighted by Crippen LogP contribution is -2.37. The number of alkyl halides is 1. The van der Waals surface area contributed by atoms with Gasteiger partial charge in [-0.3, -0.25) is 9.59 Å². The van der Waals surface area contributed by atoms with Crippen molar-refractivity contribution in [3.63, 3.8) is 0 Å². The zero-order chi connectivity index (χ0) is 10.4. The van der Waals surface area contributed by atoms with Crippen LogP contribution >= 0.6 is 0 Å². The largest absolute Gasteiger partial charge is 0.356 e. The van der Waals surface area contributed by atoms with Crippen LogP contribution in [0.25, 0.3) is 0 Å². The van der Waals surface area contributed by atoms with Crippen molar-refractivity contribution < 1.29 is 14.0 Å². The van der Waals surface area contributed by atoms with Crippen LogP contribution in [0.5, 0.6) is 0 Å². The maximum atomic E-state index is 12.8. The van der Waals surface area contributed by atoms with E-state index in [4.69, 9.17) is 10.5 Å². The molecule has 6 heteroatoms. The molecule has 0 radical (unpaired) electrons. The number of halogens is 1. The Labute approximate surface area is 73.8 Å². The molecule has 0 aromatic heterocycles. The zero-order valence-corrected chi connectivity index (χ0v) is 6.74. The first-order valence-corrected chi connectivity index (χ1v) is 3.27. The van der Waals surface area contributed by atoms with E-state index in [1.165, 1.54) is 12.1 Å². The van der Waals surface area contributed by atoms with E-state index in [0.29, 0.717) is 0 Å². The van der Waals surface area contributed by atoms with Crippen LogP contribution < -0.4 is 5.32 Å². The smallest absolute Gasteiger partial charge is 0.262 e. The standard InChI is InChI=1S/C7H6FN3O2/c1-11-7(13)5(8)6(12)4(2-9)3-10/h4-5H,1H3,(H,11,13). The lowest BCUT2D eigenvalue weighted by molar-refractivity contribution is -0.135. The summed E-state index contributed by atoms with van der Waals surface area (Å²) in [5.41, 5.74) is 0. The first-order valence-electron chi connectivity index (χ1n) is 3.27. The SMILES string of the molecule is CNC(=O)C(F)C(=O)C(C#N)C#N. The third kappa shape index (κ3) is 2.53. The summed E-state index contributed by atoms with van der Waals surface area (Å²) in [5, 5.41) is 18.3. The monoisotopic (exact) mass is 183 g/mol. The third-order valence-electron chi connectivity index (χ3n) is 1.27. The average molecular weight is 183 g/mol. The Morgan fingerprint density at radius 3 is 2.15 bits per heavy atom. The van der Waals surface area contributed by atoms with Crippen molar-refractivity contribution >= 4 is 11.7 Å². The number of Topliss-reactive ketones (excluding diaryl/α,β-unsaturated/α-hetero) is 1. The molecule has 0 bridgehead atoms. The molecule has 0 spiro atoms. The van der Waals surface area contributed by atoms with Gasteiger partial charge in [-0.15, -0.1) is 0 Å². The number of rotatable bonds is 3. The fraction of sp³-hybridized carbons (Fsp3) is 0.429. The van der Waals surface area contributed by atoms with E-state index in [1.807, 2.05) is 5.32 Å². The van der Waals surface area contributed by atoms with Gasteiger partial charge in [0.2, 0.25) is 12.0 Å². The number of nitriles is 2. The minimum Gasteiger partial charge on any atom is -0.356 e. The molecule has 0 aliphatic rings. The van der Waals surface area contributed by atoms with E-state index in [2.05, 4.69) is 0 Å². The Kier molecular flexibility index (Phi) is 4.11. The lowest BCUT2D eigenvalue weighted by atomic mass is 10.0. The quantitative estimate of drug-likeness (QED) is 0.585. The molecular formula is C7H6FN3O2. The van der Waals surface area contributed by atoms with Crippen LogP contribution in [0.2, 0.25) is 0 Å². The predicted molar refractivity (Wildman–Crippen MR) is 38.7 cm³/mol. The highest BCUT2D eigenvalue weighted by atomic mass is 19.1. The predicted octanol–water partition coefficient (Wildman–Crippen LogP) is -0.697. The van der Waals surface area contributed by atoms with E-state index < -0.39 is 23.8 Å². The summed E-state index contributed by atoms with van der Waals surface area (Å²) in [6.07, 6.45) is -2.45. The Hall–Kier alpha value is -1.95. The summed E-state index contributed by atoms with van der Waals surface area (Å²) in [5.74, 6) is -4.21. The van der Waals surface area contributed by atoms with E-state index in [-0.39, 0.29) is 0 Å². The molecule has 1 N–H and O–H groups in total. The summed E-state index contributed by atoms with van der Waals surface area (Å²) in [6, 6.07) is 2.56. The summed E-state index contributed by atoms with van der Waals surface area (Å²) in [7, 11) is 1.15. The molecular weight excluding hydrogens is 177 g/mol. The third-order valence-corrected chi connectivity index (χ3v) is 1.27. The summed E-state index contributed by atoms with van der Waals surface area (Å²) < 4.78 is 12.8. The molecule has 0 saturated carbocycles. The van der Waals surface area contributed by atoms with Crippen molar-refractivity contribution in [2.24, 2.45) is 5.92 Å². The van der Waals surface area contributed by atoms with Gasteiger partial charge in [0, 0.05) is 7.05 Å². The van der Waals surface area contributed by atoms with Crippen LogP contribution in [0.15, 0.2) is 0 Å². The second-order valence-electron chi connectivity index (χ2n) is 2.07. The van der Waals surface area contributed by atoms with E-state index >= 15 is 0 Å². The van der Waals surface area contributed by atoms with Crippen molar-refractivity contribution in [2.45, 2.75) is 6.17 Å². The van der Waals surface area contributed by atoms with Crippen LogP contribution in [0.4, 0.5) is 4.39 Å². The zero-order valence-electron chi connectivity index (χ0n) is 6.74. The minimum absolute atomic E-state index is 1.15. The van der Waals surface area contributed by atoms with Gasteiger partial charge >= 0.3 is 0 Å². The maximum absolute atomic E-state index is 12.8. The molecule has 5 nitrogen and oxygen atoms in total. The highest BCUT2D eigenvalue weighted by Crippen LogP contribution is 2.03. The van der Waals surface area contributed by atoms with Crippen LogP contribution in [0.1, 0.15) is 0 Å². The van der Waals surface area contributed by atoms with E-state index in [9.17, 15) is 14.0 Å². The second-order valence-corrected chi connectivity index (χ2v) is 2.07. The Morgan fingerprint density at radius 2 is 1.85 bits per heavy atom. The van der Waals surface area contributed by atoms with E-state index in [0.717, 1.165) is 7.05 Å². The van der Waals surface area contributed by atoms with Crippen molar-refractivity contribution in [2.75, 3.05) is 7.05 Å². The number of hydrogen-bond acceptors (Lipinski definition) is 4. The van der Waals surface area contributed by atoms with Gasteiger partial charge in [0.05, 0.1) is 12.1 Å². The molecule has 1 unspecified atom stereocenters. The summed E-state index contributed by atoms with van der Waals surface area (Å²) in [4.78, 5) is 21.4. The molecule has 13 heavy (non-hydrogen) atoms. The van der Waals surface area contributed by atoms with Crippen molar-refractivity contribution in [1.82, 2.24) is 5.32 Å². The van der Waals surface area contributed by atoms with Crippen molar-refractivity contribution in [3.05, 3.63) is 0 Å². The number of hydrogen-bond donors (Lipinski definition) is 1. The van der Waals surface area contributed by atoms with Gasteiger partial charge in [-0.05, 0) is 0 Å². The molecule has 68 valence electrons. The second kappa shape index (κ2) is 4.83. The van der Waals surface area contributed by atoms with Crippen LogP contribution in [0, 0.1) is 28.6 Å².